The first kappa shape index (κ1) is 18.1. The van der Waals surface area contributed by atoms with E-state index in [9.17, 15) is 0 Å². The minimum absolute atomic E-state index is 0.361. The number of thioether (sulfide) groups is 1. The molecule has 0 amide bonds. The van der Waals surface area contributed by atoms with E-state index in [0.29, 0.717) is 34.3 Å². The van der Waals surface area contributed by atoms with Gasteiger partial charge in [0.15, 0.2) is 0 Å². The highest BCUT2D eigenvalue weighted by atomic mass is 32.2. The van der Waals surface area contributed by atoms with Gasteiger partial charge in [-0.05, 0) is 74.7 Å². The van der Waals surface area contributed by atoms with Crippen molar-refractivity contribution < 1.29 is 9.47 Å². The van der Waals surface area contributed by atoms with Crippen LogP contribution in [0.3, 0.4) is 0 Å². The lowest BCUT2D eigenvalue weighted by Crippen LogP contribution is -2.43. The van der Waals surface area contributed by atoms with E-state index in [-0.39, 0.29) is 0 Å². The van der Waals surface area contributed by atoms with E-state index in [1.807, 2.05) is 13.0 Å². The van der Waals surface area contributed by atoms with Crippen molar-refractivity contribution in [3.8, 4) is 5.75 Å². The van der Waals surface area contributed by atoms with Gasteiger partial charge in [0.25, 0.3) is 0 Å². The highest BCUT2D eigenvalue weighted by Crippen LogP contribution is 2.56. The summed E-state index contributed by atoms with van der Waals surface area (Å²) in [5.74, 6) is 3.48. The summed E-state index contributed by atoms with van der Waals surface area (Å²) < 4.78 is 12.5. The van der Waals surface area contributed by atoms with Gasteiger partial charge < -0.3 is 9.47 Å². The topological polar surface area (TPSA) is 18.5 Å². The van der Waals surface area contributed by atoms with Crippen molar-refractivity contribution in [2.24, 2.45) is 17.3 Å². The smallest absolute Gasteiger partial charge is 0.219 e. The van der Waals surface area contributed by atoms with Crippen LogP contribution in [0.15, 0.2) is 30.3 Å². The Bertz CT molecular complexity index is 548. The zero-order valence-corrected chi connectivity index (χ0v) is 16.3. The fourth-order valence-electron chi connectivity index (χ4n) is 4.65. The summed E-state index contributed by atoms with van der Waals surface area (Å²) in [7, 11) is 0. The van der Waals surface area contributed by atoms with Crippen molar-refractivity contribution in [2.75, 3.05) is 12.4 Å². The monoisotopic (exact) mass is 364 g/mol. The molecule has 0 N–H and O–H groups in total. The number of rotatable bonds is 5. The number of benzene rings is 1. The third kappa shape index (κ3) is 3.91. The molecule has 2 aliphatic rings. The Labute approximate surface area is 155 Å². The highest BCUT2D eigenvalue weighted by Gasteiger charge is 2.51. The first-order valence-corrected chi connectivity index (χ1v) is 10.5. The lowest BCUT2D eigenvalue weighted by molar-refractivity contribution is 0.00193. The van der Waals surface area contributed by atoms with Crippen molar-refractivity contribution in [1.82, 2.24) is 0 Å². The standard InChI is InChI=1S/C20H28O2S2/c1-3-21-19(23)24-14-15-11-12-17-18(10-7-13-20(15,17)2)22-16-8-5-4-6-9-16/h4-6,8-9,15,17-18H,3,7,10-14H2,1-2H3/t15?,17?,18?,20-/m1/s1. The first-order chi connectivity index (χ1) is 11.6. The summed E-state index contributed by atoms with van der Waals surface area (Å²) >= 11 is 7.02. The molecule has 0 aromatic heterocycles. The van der Waals surface area contributed by atoms with Gasteiger partial charge in [-0.3, -0.25) is 0 Å². The average molecular weight is 365 g/mol. The molecule has 0 radical (unpaired) electrons. The van der Waals surface area contributed by atoms with Gasteiger partial charge in [-0.1, -0.05) is 36.9 Å². The summed E-state index contributed by atoms with van der Waals surface area (Å²) in [6.45, 7) is 5.15. The van der Waals surface area contributed by atoms with Crippen LogP contribution >= 0.6 is 24.0 Å². The molecule has 1 aromatic rings. The van der Waals surface area contributed by atoms with E-state index in [4.69, 9.17) is 21.7 Å². The molecule has 0 aliphatic heterocycles. The molecule has 3 rings (SSSR count). The molecule has 24 heavy (non-hydrogen) atoms. The minimum Gasteiger partial charge on any atom is -0.490 e. The zero-order valence-electron chi connectivity index (χ0n) is 14.7. The van der Waals surface area contributed by atoms with Crippen LogP contribution in [0.25, 0.3) is 0 Å². The van der Waals surface area contributed by atoms with E-state index in [2.05, 4.69) is 31.2 Å². The number of para-hydroxylation sites is 1. The number of hydrogen-bond acceptors (Lipinski definition) is 4. The van der Waals surface area contributed by atoms with Gasteiger partial charge in [-0.25, -0.2) is 0 Å². The molecule has 4 atom stereocenters. The summed E-state index contributed by atoms with van der Waals surface area (Å²) in [4.78, 5) is 0. The van der Waals surface area contributed by atoms with Crippen LogP contribution in [0.5, 0.6) is 5.75 Å². The molecule has 2 nitrogen and oxygen atoms in total. The van der Waals surface area contributed by atoms with Crippen molar-refractivity contribution in [2.45, 2.75) is 52.1 Å². The van der Waals surface area contributed by atoms with Crippen LogP contribution in [-0.2, 0) is 4.74 Å². The summed E-state index contributed by atoms with van der Waals surface area (Å²) in [6.07, 6.45) is 6.70. The van der Waals surface area contributed by atoms with E-state index in [1.54, 1.807) is 11.8 Å². The predicted octanol–water partition coefficient (Wildman–Crippen LogP) is 5.71. The summed E-state index contributed by atoms with van der Waals surface area (Å²) in [5, 5.41) is 0. The van der Waals surface area contributed by atoms with Gasteiger partial charge >= 0.3 is 0 Å². The molecule has 0 bridgehead atoms. The fraction of sp³-hybridized carbons (Fsp3) is 0.650. The maximum Gasteiger partial charge on any atom is 0.219 e. The minimum atomic E-state index is 0.361. The van der Waals surface area contributed by atoms with E-state index >= 15 is 0 Å². The Morgan fingerprint density at radius 3 is 2.79 bits per heavy atom. The quantitative estimate of drug-likeness (QED) is 0.623. The highest BCUT2D eigenvalue weighted by molar-refractivity contribution is 8.22. The van der Waals surface area contributed by atoms with Gasteiger partial charge in [0, 0.05) is 11.7 Å². The second kappa shape index (κ2) is 8.09. The average Bonchev–Trinajstić information content (AvgIpc) is 2.91. The summed E-state index contributed by atoms with van der Waals surface area (Å²) in [6, 6.07) is 10.3. The van der Waals surface area contributed by atoms with Gasteiger partial charge in [0.05, 0.1) is 6.61 Å². The molecule has 1 aromatic carbocycles. The molecule has 0 saturated heterocycles. The predicted molar refractivity (Wildman–Crippen MR) is 106 cm³/mol. The Morgan fingerprint density at radius 2 is 2.04 bits per heavy atom. The molecular formula is C20H28O2S2. The van der Waals surface area contributed by atoms with Crippen molar-refractivity contribution in [1.29, 1.82) is 0 Å². The van der Waals surface area contributed by atoms with Gasteiger partial charge in [0.2, 0.25) is 4.38 Å². The van der Waals surface area contributed by atoms with Gasteiger partial charge in [-0.2, -0.15) is 0 Å². The Morgan fingerprint density at radius 1 is 1.25 bits per heavy atom. The van der Waals surface area contributed by atoms with Crippen LogP contribution in [0, 0.1) is 17.3 Å². The molecule has 2 fully saturated rings. The van der Waals surface area contributed by atoms with Crippen LogP contribution in [-0.4, -0.2) is 22.8 Å². The third-order valence-corrected chi connectivity index (χ3v) is 7.35. The molecule has 0 heterocycles. The van der Waals surface area contributed by atoms with Gasteiger partial charge in [-0.15, -0.1) is 0 Å². The lowest BCUT2D eigenvalue weighted by atomic mass is 9.65. The van der Waals surface area contributed by atoms with Crippen molar-refractivity contribution in [3.63, 3.8) is 0 Å². The molecular weight excluding hydrogens is 336 g/mol. The Kier molecular flexibility index (Phi) is 6.09. The number of fused-ring (bicyclic) bond motifs is 1. The van der Waals surface area contributed by atoms with E-state index in [0.717, 1.165) is 11.5 Å². The molecule has 0 spiro atoms. The van der Waals surface area contributed by atoms with Crippen LogP contribution in [0.2, 0.25) is 0 Å². The molecule has 4 heteroatoms. The molecule has 132 valence electrons. The first-order valence-electron chi connectivity index (χ1n) is 9.14. The fourth-order valence-corrected chi connectivity index (χ4v) is 6.05. The summed E-state index contributed by atoms with van der Waals surface area (Å²) in [5.41, 5.74) is 0.381. The van der Waals surface area contributed by atoms with Crippen molar-refractivity contribution >= 4 is 28.4 Å². The van der Waals surface area contributed by atoms with Crippen LogP contribution in [0.4, 0.5) is 0 Å². The molecule has 3 unspecified atom stereocenters. The van der Waals surface area contributed by atoms with E-state index in [1.165, 1.54) is 32.1 Å². The number of thiocarbonyl (C=S) groups is 1. The van der Waals surface area contributed by atoms with E-state index < -0.39 is 0 Å². The van der Waals surface area contributed by atoms with Crippen molar-refractivity contribution in [3.05, 3.63) is 30.3 Å². The number of ether oxygens (including phenoxy) is 2. The molecule has 2 saturated carbocycles. The third-order valence-electron chi connectivity index (χ3n) is 5.95. The maximum atomic E-state index is 6.39. The SMILES string of the molecule is CCOC(=S)SCC1CCC2C(Oc3ccccc3)CCC[C@]12C. The normalized spacial score (nSPS) is 32.2. The Balaban J connectivity index is 1.63. The second-order valence-corrected chi connectivity index (χ2v) is 8.86. The zero-order chi connectivity index (χ0) is 17.0. The molecule has 2 aliphatic carbocycles. The van der Waals surface area contributed by atoms with Crippen LogP contribution < -0.4 is 4.74 Å². The lowest BCUT2D eigenvalue weighted by Gasteiger charge is -2.44. The number of hydrogen-bond donors (Lipinski definition) is 0. The maximum absolute atomic E-state index is 6.39. The largest absolute Gasteiger partial charge is 0.490 e. The Hall–Kier alpha value is -0.740. The van der Waals surface area contributed by atoms with Gasteiger partial charge in [0.1, 0.15) is 11.9 Å². The van der Waals surface area contributed by atoms with Crippen LogP contribution in [0.1, 0.15) is 46.0 Å². The second-order valence-electron chi connectivity index (χ2n) is 7.24.